The smallest absolute Gasteiger partial charge is 0.410 e. The van der Waals surface area contributed by atoms with Gasteiger partial charge in [-0.05, 0) is 12.0 Å². The average molecular weight is 470 g/mol. The molecule has 0 bridgehead atoms. The Bertz CT molecular complexity index is 1060. The van der Waals surface area contributed by atoms with Crippen molar-refractivity contribution in [1.82, 2.24) is 4.90 Å². The number of amides is 1. The molecule has 1 aliphatic rings. The summed E-state index contributed by atoms with van der Waals surface area (Å²) in [5.41, 5.74) is 2.72. The minimum Gasteiger partial charge on any atom is -0.445 e. The van der Waals surface area contributed by atoms with Gasteiger partial charge in [0.25, 0.3) is 0 Å². The van der Waals surface area contributed by atoms with Gasteiger partial charge in [0.1, 0.15) is 12.7 Å². The molecule has 5 nitrogen and oxygen atoms in total. The highest BCUT2D eigenvalue weighted by Crippen LogP contribution is 2.42. The van der Waals surface area contributed by atoms with Crippen molar-refractivity contribution in [3.8, 4) is 0 Å². The Balaban J connectivity index is 1.60. The van der Waals surface area contributed by atoms with E-state index in [9.17, 15) is 4.79 Å². The fourth-order valence-electron chi connectivity index (χ4n) is 4.39. The van der Waals surface area contributed by atoms with Gasteiger partial charge in [0.2, 0.25) is 5.79 Å². The van der Waals surface area contributed by atoms with Gasteiger partial charge < -0.3 is 14.2 Å². The summed E-state index contributed by atoms with van der Waals surface area (Å²) in [7, 11) is 0. The van der Waals surface area contributed by atoms with Crippen LogP contribution in [0.5, 0.6) is 0 Å². The second kappa shape index (κ2) is 11.6. The van der Waals surface area contributed by atoms with E-state index in [0.29, 0.717) is 19.6 Å². The van der Waals surface area contributed by atoms with E-state index < -0.39 is 18.0 Å². The lowest BCUT2D eigenvalue weighted by Gasteiger charge is -2.35. The lowest BCUT2D eigenvalue weighted by molar-refractivity contribution is -0.149. The van der Waals surface area contributed by atoms with E-state index >= 15 is 0 Å². The summed E-state index contributed by atoms with van der Waals surface area (Å²) in [4.78, 5) is 14.9. The van der Waals surface area contributed by atoms with Crippen LogP contribution in [0.4, 0.5) is 4.79 Å². The third-order valence-electron chi connectivity index (χ3n) is 6.08. The molecular formula is C30H31NO4. The van der Waals surface area contributed by atoms with Crippen LogP contribution in [0.1, 0.15) is 23.1 Å². The molecule has 180 valence electrons. The Hall–Kier alpha value is -3.67. The number of hydrogen-bond donors (Lipinski definition) is 0. The summed E-state index contributed by atoms with van der Waals surface area (Å²) >= 11 is 0. The van der Waals surface area contributed by atoms with Crippen molar-refractivity contribution >= 4 is 6.09 Å². The number of ether oxygens (including phenoxy) is 3. The molecule has 0 spiro atoms. The van der Waals surface area contributed by atoms with Crippen LogP contribution in [0.25, 0.3) is 0 Å². The molecule has 0 N–H and O–H groups in total. The molecule has 3 aromatic carbocycles. The number of benzene rings is 3. The van der Waals surface area contributed by atoms with Crippen LogP contribution in [0, 0.1) is 0 Å². The van der Waals surface area contributed by atoms with E-state index in [-0.39, 0.29) is 12.6 Å². The number of carbonyl (C=O) groups is 1. The number of rotatable bonds is 10. The van der Waals surface area contributed by atoms with Crippen molar-refractivity contribution in [3.05, 3.63) is 133 Å². The molecule has 0 aromatic heterocycles. The van der Waals surface area contributed by atoms with Crippen LogP contribution in [0.2, 0.25) is 0 Å². The zero-order valence-electron chi connectivity index (χ0n) is 19.8. The largest absolute Gasteiger partial charge is 0.445 e. The van der Waals surface area contributed by atoms with Gasteiger partial charge in [0.15, 0.2) is 0 Å². The molecule has 1 saturated heterocycles. The second-order valence-electron chi connectivity index (χ2n) is 8.39. The highest BCUT2D eigenvalue weighted by atomic mass is 16.7. The maximum absolute atomic E-state index is 13.2. The second-order valence-corrected chi connectivity index (χ2v) is 8.39. The molecule has 4 rings (SSSR count). The molecule has 0 aliphatic carbocycles. The summed E-state index contributed by atoms with van der Waals surface area (Å²) in [6.07, 6.45) is 3.16. The Morgan fingerprint density at radius 2 is 1.51 bits per heavy atom. The standard InChI is InChI=1S/C30H31NO4/c1-3-14-27(31(21-4-2)29(32)33-22-24-15-8-5-9-16-24)28-23-34-30(35-28,25-17-10-6-11-18-25)26-19-12-7-13-20-26/h3-13,15-20,27-28H,1-2,14,21-23H2/t27-,28+/m0/s1. The first-order valence-corrected chi connectivity index (χ1v) is 11.8. The molecule has 0 radical (unpaired) electrons. The lowest BCUT2D eigenvalue weighted by atomic mass is 9.97. The topological polar surface area (TPSA) is 48.0 Å². The molecule has 0 saturated carbocycles. The van der Waals surface area contributed by atoms with Crippen LogP contribution >= 0.6 is 0 Å². The van der Waals surface area contributed by atoms with Gasteiger partial charge in [-0.3, -0.25) is 4.90 Å². The van der Waals surface area contributed by atoms with Crippen LogP contribution in [0.15, 0.2) is 116 Å². The zero-order valence-corrected chi connectivity index (χ0v) is 19.8. The Morgan fingerprint density at radius 1 is 0.943 bits per heavy atom. The minimum absolute atomic E-state index is 0.189. The normalized spacial score (nSPS) is 17.3. The van der Waals surface area contributed by atoms with Gasteiger partial charge in [-0.15, -0.1) is 13.2 Å². The first-order chi connectivity index (χ1) is 17.2. The summed E-state index contributed by atoms with van der Waals surface area (Å²) in [5.74, 6) is -1.07. The Kier molecular flexibility index (Phi) is 8.14. The molecular weight excluding hydrogens is 438 g/mol. The zero-order chi connectivity index (χ0) is 24.5. The van der Waals surface area contributed by atoms with Crippen molar-refractivity contribution in [3.63, 3.8) is 0 Å². The van der Waals surface area contributed by atoms with Crippen LogP contribution in [-0.2, 0) is 26.6 Å². The van der Waals surface area contributed by atoms with Crippen molar-refractivity contribution in [2.75, 3.05) is 13.2 Å². The van der Waals surface area contributed by atoms with E-state index in [2.05, 4.69) is 13.2 Å². The predicted octanol–water partition coefficient (Wildman–Crippen LogP) is 6.07. The van der Waals surface area contributed by atoms with Gasteiger partial charge in [-0.25, -0.2) is 4.79 Å². The predicted molar refractivity (Wildman–Crippen MR) is 137 cm³/mol. The summed E-state index contributed by atoms with van der Waals surface area (Å²) in [6.45, 7) is 8.58. The maximum atomic E-state index is 13.2. The third kappa shape index (κ3) is 5.53. The quantitative estimate of drug-likeness (QED) is 0.338. The fourth-order valence-corrected chi connectivity index (χ4v) is 4.39. The van der Waals surface area contributed by atoms with Gasteiger partial charge in [0.05, 0.1) is 12.6 Å². The fraction of sp³-hybridized carbons (Fsp3) is 0.233. The molecule has 2 atom stereocenters. The van der Waals surface area contributed by atoms with Gasteiger partial charge >= 0.3 is 6.09 Å². The molecule has 1 heterocycles. The highest BCUT2D eigenvalue weighted by molar-refractivity contribution is 5.68. The first-order valence-electron chi connectivity index (χ1n) is 11.8. The monoisotopic (exact) mass is 469 g/mol. The van der Waals surface area contributed by atoms with Gasteiger partial charge in [-0.1, -0.05) is 103 Å². The molecule has 0 unspecified atom stereocenters. The van der Waals surface area contributed by atoms with E-state index in [4.69, 9.17) is 14.2 Å². The maximum Gasteiger partial charge on any atom is 0.410 e. The molecule has 5 heteroatoms. The molecule has 35 heavy (non-hydrogen) atoms. The van der Waals surface area contributed by atoms with E-state index in [1.807, 2.05) is 91.0 Å². The van der Waals surface area contributed by atoms with Crippen molar-refractivity contribution < 1.29 is 19.0 Å². The van der Waals surface area contributed by atoms with Gasteiger partial charge in [0, 0.05) is 17.7 Å². The molecule has 1 amide bonds. The summed E-state index contributed by atoms with van der Waals surface area (Å²) in [5, 5.41) is 0. The van der Waals surface area contributed by atoms with Crippen molar-refractivity contribution in [2.24, 2.45) is 0 Å². The van der Waals surface area contributed by atoms with Crippen LogP contribution in [0.3, 0.4) is 0 Å². The van der Waals surface area contributed by atoms with Crippen LogP contribution in [-0.4, -0.2) is 36.3 Å². The highest BCUT2D eigenvalue weighted by Gasteiger charge is 2.48. The number of nitrogens with zero attached hydrogens (tertiary/aromatic N) is 1. The SMILES string of the molecule is C=CC[C@@H]([C@H]1COC(c2ccccc2)(c2ccccc2)O1)N(CC=C)C(=O)OCc1ccccc1. The summed E-state index contributed by atoms with van der Waals surface area (Å²) in [6, 6.07) is 29.0. The average Bonchev–Trinajstić information content (AvgIpc) is 3.37. The Morgan fingerprint density at radius 3 is 2.06 bits per heavy atom. The molecule has 1 fully saturated rings. The first kappa shape index (κ1) is 24.5. The van der Waals surface area contributed by atoms with E-state index in [0.717, 1.165) is 16.7 Å². The number of hydrogen-bond acceptors (Lipinski definition) is 4. The minimum atomic E-state index is -1.07. The van der Waals surface area contributed by atoms with Crippen LogP contribution < -0.4 is 0 Å². The van der Waals surface area contributed by atoms with E-state index in [1.165, 1.54) is 0 Å². The van der Waals surface area contributed by atoms with E-state index in [1.54, 1.807) is 17.1 Å². The molecule has 1 aliphatic heterocycles. The Labute approximate surface area is 207 Å². The van der Waals surface area contributed by atoms with Crippen molar-refractivity contribution in [2.45, 2.75) is 31.0 Å². The molecule has 3 aromatic rings. The third-order valence-corrected chi connectivity index (χ3v) is 6.08. The van der Waals surface area contributed by atoms with Gasteiger partial charge in [-0.2, -0.15) is 0 Å². The summed E-state index contributed by atoms with van der Waals surface area (Å²) < 4.78 is 18.8. The van der Waals surface area contributed by atoms with Crippen molar-refractivity contribution in [1.29, 1.82) is 0 Å². The lowest BCUT2D eigenvalue weighted by Crippen LogP contribution is -2.48. The number of carbonyl (C=O) groups excluding carboxylic acids is 1.